The summed E-state index contributed by atoms with van der Waals surface area (Å²) >= 11 is 0. The van der Waals surface area contributed by atoms with Crippen LogP contribution in [-0.4, -0.2) is 64.8 Å². The molecule has 0 saturated carbocycles. The van der Waals surface area contributed by atoms with Crippen molar-refractivity contribution in [1.82, 2.24) is 4.90 Å². The zero-order valence-corrected chi connectivity index (χ0v) is 19.1. The summed E-state index contributed by atoms with van der Waals surface area (Å²) in [5.41, 5.74) is 1.49. The molecule has 6 atom stereocenters. The van der Waals surface area contributed by atoms with E-state index < -0.39 is 41.6 Å². The van der Waals surface area contributed by atoms with Crippen molar-refractivity contribution in [3.8, 4) is 0 Å². The maximum Gasteiger partial charge on any atom is 0.312 e. The second-order valence-electron chi connectivity index (χ2n) is 9.11. The van der Waals surface area contributed by atoms with E-state index in [1.54, 1.807) is 6.92 Å². The number of likely N-dealkylation sites (tertiary alicyclic amines) is 1. The first-order valence-corrected chi connectivity index (χ1v) is 11.4. The van der Waals surface area contributed by atoms with Crippen molar-refractivity contribution >= 4 is 23.5 Å². The monoisotopic (exact) mass is 444 g/mol. The van der Waals surface area contributed by atoms with E-state index in [1.165, 1.54) is 4.90 Å². The normalized spacial score (nSPS) is 31.5. The van der Waals surface area contributed by atoms with Gasteiger partial charge in [0.1, 0.15) is 11.6 Å². The van der Waals surface area contributed by atoms with Gasteiger partial charge >= 0.3 is 5.97 Å². The molecule has 2 bridgehead atoms. The minimum Gasteiger partial charge on any atom is -0.466 e. The number of aliphatic hydroxyl groups is 1. The number of nitrogens with one attached hydrogen (secondary N) is 1. The van der Waals surface area contributed by atoms with Gasteiger partial charge in [0.25, 0.3) is 0 Å². The Kier molecular flexibility index (Phi) is 6.02. The van der Waals surface area contributed by atoms with E-state index in [1.807, 2.05) is 39.0 Å². The number of ether oxygens (including phenoxy) is 2. The minimum absolute atomic E-state index is 0.213. The first-order chi connectivity index (χ1) is 15.3. The fourth-order valence-corrected chi connectivity index (χ4v) is 5.78. The van der Waals surface area contributed by atoms with Crippen molar-refractivity contribution in [2.75, 3.05) is 18.5 Å². The predicted octanol–water partition coefficient (Wildman–Crippen LogP) is 1.95. The smallest absolute Gasteiger partial charge is 0.312 e. The Morgan fingerprint density at radius 1 is 1.34 bits per heavy atom. The average Bonchev–Trinajstić information content (AvgIpc) is 3.40. The van der Waals surface area contributed by atoms with Gasteiger partial charge in [0.15, 0.2) is 0 Å². The number of esters is 1. The third-order valence-electron chi connectivity index (χ3n) is 7.27. The molecule has 2 amide bonds. The molecule has 0 aliphatic carbocycles. The van der Waals surface area contributed by atoms with E-state index in [-0.39, 0.29) is 25.0 Å². The molecule has 3 saturated heterocycles. The maximum absolute atomic E-state index is 13.7. The average molecular weight is 445 g/mol. The summed E-state index contributed by atoms with van der Waals surface area (Å²) < 4.78 is 11.6. The number of fused-ring (bicyclic) bond motifs is 1. The molecule has 8 heteroatoms. The molecular weight excluding hydrogens is 412 g/mol. The Bertz CT molecular complexity index is 929. The van der Waals surface area contributed by atoms with Gasteiger partial charge in [-0.1, -0.05) is 19.1 Å². The zero-order chi connectivity index (χ0) is 23.2. The van der Waals surface area contributed by atoms with E-state index >= 15 is 0 Å². The molecule has 3 heterocycles. The van der Waals surface area contributed by atoms with Gasteiger partial charge in [-0.2, -0.15) is 0 Å². The number of hydrogen-bond acceptors (Lipinski definition) is 6. The van der Waals surface area contributed by atoms with Crippen molar-refractivity contribution in [2.24, 2.45) is 11.8 Å². The Morgan fingerprint density at radius 2 is 2.09 bits per heavy atom. The summed E-state index contributed by atoms with van der Waals surface area (Å²) in [5, 5.41) is 13.0. The number of hydrogen-bond donors (Lipinski definition) is 2. The molecule has 4 rings (SSSR count). The summed E-state index contributed by atoms with van der Waals surface area (Å²) in [7, 11) is 0. The van der Waals surface area contributed by atoms with Gasteiger partial charge in [0, 0.05) is 5.69 Å². The third-order valence-corrected chi connectivity index (χ3v) is 7.27. The van der Waals surface area contributed by atoms with Crippen LogP contribution in [0.2, 0.25) is 0 Å². The fraction of sp³-hybridized carbons (Fsp3) is 0.625. The van der Waals surface area contributed by atoms with E-state index in [0.717, 1.165) is 11.1 Å². The highest BCUT2D eigenvalue weighted by molar-refractivity contribution is 6.03. The first kappa shape index (κ1) is 22.7. The lowest BCUT2D eigenvalue weighted by Crippen LogP contribution is -2.56. The summed E-state index contributed by atoms with van der Waals surface area (Å²) in [4.78, 5) is 41.6. The van der Waals surface area contributed by atoms with Gasteiger partial charge in [-0.3, -0.25) is 14.4 Å². The molecule has 2 N–H and O–H groups in total. The second-order valence-corrected chi connectivity index (χ2v) is 9.11. The van der Waals surface area contributed by atoms with Crippen LogP contribution < -0.4 is 5.32 Å². The van der Waals surface area contributed by atoms with Crippen LogP contribution in [0.1, 0.15) is 44.2 Å². The number of carbonyl (C=O) groups excluding carboxylic acids is 3. The van der Waals surface area contributed by atoms with Crippen molar-refractivity contribution in [3.05, 3.63) is 29.3 Å². The van der Waals surface area contributed by atoms with Gasteiger partial charge in [-0.05, 0) is 57.2 Å². The molecule has 0 unspecified atom stereocenters. The zero-order valence-electron chi connectivity index (χ0n) is 19.1. The quantitative estimate of drug-likeness (QED) is 0.623. The molecule has 0 radical (unpaired) electrons. The fourth-order valence-electron chi connectivity index (χ4n) is 5.78. The van der Waals surface area contributed by atoms with Crippen LogP contribution in [0, 0.1) is 25.7 Å². The molecule has 8 nitrogen and oxygen atoms in total. The highest BCUT2D eigenvalue weighted by Gasteiger charge is 2.75. The van der Waals surface area contributed by atoms with Gasteiger partial charge in [-0.25, -0.2) is 0 Å². The van der Waals surface area contributed by atoms with E-state index in [9.17, 15) is 19.5 Å². The molecule has 3 fully saturated rings. The lowest BCUT2D eigenvalue weighted by molar-refractivity contribution is -0.155. The number of anilines is 1. The molecule has 1 aromatic rings. The second kappa shape index (κ2) is 8.48. The van der Waals surface area contributed by atoms with Crippen LogP contribution in [0.25, 0.3) is 0 Å². The molecule has 1 aromatic carbocycles. The Balaban J connectivity index is 1.75. The highest BCUT2D eigenvalue weighted by atomic mass is 16.6. The molecule has 1 spiro atoms. The minimum atomic E-state index is -1.09. The molecule has 3 aliphatic heterocycles. The lowest BCUT2D eigenvalue weighted by Gasteiger charge is -2.36. The van der Waals surface area contributed by atoms with E-state index in [4.69, 9.17) is 9.47 Å². The number of amides is 2. The summed E-state index contributed by atoms with van der Waals surface area (Å²) in [5.74, 6) is -2.63. The number of benzene rings is 1. The number of aliphatic hydroxyl groups excluding tert-OH is 1. The summed E-state index contributed by atoms with van der Waals surface area (Å²) in [6, 6.07) is 4.32. The number of rotatable bonds is 7. The number of carbonyl (C=O) groups is 3. The Morgan fingerprint density at radius 3 is 2.75 bits per heavy atom. The standard InChI is InChI=1S/C24H32N2O6/c1-5-15(12-27)26-20(21(28)25-16-11-13(3)7-8-14(16)4)24-10-9-17(32-24)18(19(24)22(26)29)23(30)31-6-2/h7-8,11,15,17-20,27H,5-6,9-10,12H2,1-4H3,(H,25,28)/t15-,17+,18-,19-,20+,24-/m0/s1. The van der Waals surface area contributed by atoms with Crippen LogP contribution >= 0.6 is 0 Å². The lowest BCUT2D eigenvalue weighted by atomic mass is 9.70. The maximum atomic E-state index is 13.7. The van der Waals surface area contributed by atoms with Gasteiger partial charge < -0.3 is 24.8 Å². The summed E-state index contributed by atoms with van der Waals surface area (Å²) in [6.07, 6.45) is 1.14. The highest BCUT2D eigenvalue weighted by Crippen LogP contribution is 2.59. The summed E-state index contributed by atoms with van der Waals surface area (Å²) in [6.45, 7) is 7.38. The van der Waals surface area contributed by atoms with Gasteiger partial charge in [0.05, 0.1) is 37.2 Å². The Labute approximate surface area is 188 Å². The van der Waals surface area contributed by atoms with E-state index in [2.05, 4.69) is 5.32 Å². The largest absolute Gasteiger partial charge is 0.466 e. The molecular formula is C24H32N2O6. The molecule has 32 heavy (non-hydrogen) atoms. The molecule has 0 aromatic heterocycles. The number of aryl methyl sites for hydroxylation is 2. The van der Waals surface area contributed by atoms with Crippen LogP contribution in [0.4, 0.5) is 5.69 Å². The number of nitrogens with zero attached hydrogens (tertiary/aromatic N) is 1. The van der Waals surface area contributed by atoms with Crippen molar-refractivity contribution in [2.45, 2.75) is 70.7 Å². The van der Waals surface area contributed by atoms with Gasteiger partial charge in [0.2, 0.25) is 11.8 Å². The van der Waals surface area contributed by atoms with Crippen LogP contribution in [0.3, 0.4) is 0 Å². The predicted molar refractivity (Wildman–Crippen MR) is 117 cm³/mol. The van der Waals surface area contributed by atoms with Crippen LogP contribution in [0.15, 0.2) is 18.2 Å². The van der Waals surface area contributed by atoms with Crippen molar-refractivity contribution < 1.29 is 29.0 Å². The topological polar surface area (TPSA) is 105 Å². The first-order valence-electron chi connectivity index (χ1n) is 11.4. The van der Waals surface area contributed by atoms with Crippen LogP contribution in [-0.2, 0) is 23.9 Å². The van der Waals surface area contributed by atoms with Gasteiger partial charge in [-0.15, -0.1) is 0 Å². The van der Waals surface area contributed by atoms with Crippen LogP contribution in [0.5, 0.6) is 0 Å². The SMILES string of the molecule is CCOC(=O)[C@@H]1[C@H]2C(=O)N([C@@H](CC)CO)[C@H](C(=O)Nc3cc(C)ccc3C)[C@]23CC[C@H]1O3. The molecule has 3 aliphatic rings. The van der Waals surface area contributed by atoms with Crippen molar-refractivity contribution in [3.63, 3.8) is 0 Å². The Hall–Kier alpha value is -2.45. The van der Waals surface area contributed by atoms with Crippen molar-refractivity contribution in [1.29, 1.82) is 0 Å². The molecule has 174 valence electrons. The third kappa shape index (κ3) is 3.31. The van der Waals surface area contributed by atoms with E-state index in [0.29, 0.717) is 24.9 Å².